The fourth-order valence-electron chi connectivity index (χ4n) is 2.40. The van der Waals surface area contributed by atoms with Crippen molar-refractivity contribution < 1.29 is 9.47 Å². The molecule has 0 heterocycles. The Balaban J connectivity index is 2.13. The van der Waals surface area contributed by atoms with Crippen LogP contribution >= 0.6 is 11.6 Å². The largest absolute Gasteiger partial charge is 0.490 e. The first kappa shape index (κ1) is 19.6. The van der Waals surface area contributed by atoms with Gasteiger partial charge in [0.25, 0.3) is 0 Å². The van der Waals surface area contributed by atoms with E-state index in [0.29, 0.717) is 35.8 Å². The summed E-state index contributed by atoms with van der Waals surface area (Å²) in [5.41, 5.74) is 3.43. The van der Waals surface area contributed by atoms with Crippen molar-refractivity contribution >= 4 is 11.6 Å². The van der Waals surface area contributed by atoms with Crippen LogP contribution in [0.2, 0.25) is 5.02 Å². The molecular weight excluding hydrogens is 334 g/mol. The Morgan fingerprint density at radius 1 is 1.04 bits per heavy atom. The molecule has 0 amide bonds. The predicted molar refractivity (Wildman–Crippen MR) is 105 cm³/mol. The van der Waals surface area contributed by atoms with E-state index in [1.807, 2.05) is 19.1 Å². The van der Waals surface area contributed by atoms with E-state index in [-0.39, 0.29) is 0 Å². The minimum atomic E-state index is 0.463. The lowest BCUT2D eigenvalue weighted by atomic mass is 10.1. The number of ether oxygens (including phenoxy) is 2. The van der Waals surface area contributed by atoms with Gasteiger partial charge in [0.2, 0.25) is 0 Å². The third-order valence-corrected chi connectivity index (χ3v) is 4.42. The average molecular weight is 362 g/mol. The Kier molecular flexibility index (Phi) is 7.60. The van der Waals surface area contributed by atoms with Crippen molar-refractivity contribution in [2.24, 2.45) is 0 Å². The quantitative estimate of drug-likeness (QED) is 0.638. The van der Waals surface area contributed by atoms with Gasteiger partial charge < -0.3 is 14.8 Å². The van der Waals surface area contributed by atoms with E-state index in [2.05, 4.69) is 50.4 Å². The summed E-state index contributed by atoms with van der Waals surface area (Å²) in [6, 6.07) is 12.7. The summed E-state index contributed by atoms with van der Waals surface area (Å²) < 4.78 is 11.7. The van der Waals surface area contributed by atoms with E-state index in [1.165, 1.54) is 5.56 Å². The van der Waals surface area contributed by atoms with Crippen molar-refractivity contribution in [1.82, 2.24) is 5.32 Å². The van der Waals surface area contributed by atoms with Crippen molar-refractivity contribution in [3.05, 3.63) is 58.1 Å². The lowest BCUT2D eigenvalue weighted by Gasteiger charge is -2.17. The Morgan fingerprint density at radius 3 is 2.40 bits per heavy atom. The number of benzene rings is 2. The maximum atomic E-state index is 6.48. The molecule has 0 aliphatic rings. The number of aryl methyl sites for hydroxylation is 1. The Labute approximate surface area is 156 Å². The Hall–Kier alpha value is -1.71. The second-order valence-corrected chi connectivity index (χ2v) is 6.71. The van der Waals surface area contributed by atoms with Crippen LogP contribution in [0.3, 0.4) is 0 Å². The number of hydrogen-bond acceptors (Lipinski definition) is 3. The molecule has 0 saturated heterocycles. The zero-order chi connectivity index (χ0) is 18.2. The molecule has 2 rings (SSSR count). The molecule has 0 radical (unpaired) electrons. The SMILES string of the molecule is CCOc1cc(CNC(C)CC)cc(Cl)c1OCc1ccc(C)cc1. The predicted octanol–water partition coefficient (Wildman–Crippen LogP) is 5.51. The highest BCUT2D eigenvalue weighted by molar-refractivity contribution is 6.32. The maximum absolute atomic E-state index is 6.48. The van der Waals surface area contributed by atoms with Gasteiger partial charge in [-0.25, -0.2) is 0 Å². The number of hydrogen-bond donors (Lipinski definition) is 1. The van der Waals surface area contributed by atoms with Crippen molar-refractivity contribution in [3.8, 4) is 11.5 Å². The van der Waals surface area contributed by atoms with Gasteiger partial charge in [0, 0.05) is 12.6 Å². The minimum absolute atomic E-state index is 0.463. The third-order valence-electron chi connectivity index (χ3n) is 4.14. The van der Waals surface area contributed by atoms with Gasteiger partial charge in [0.1, 0.15) is 6.61 Å². The molecule has 0 saturated carbocycles. The molecule has 2 aromatic carbocycles. The molecule has 0 aromatic heterocycles. The Morgan fingerprint density at radius 2 is 1.76 bits per heavy atom. The number of nitrogens with one attached hydrogen (secondary N) is 1. The summed E-state index contributed by atoms with van der Waals surface area (Å²) in [7, 11) is 0. The van der Waals surface area contributed by atoms with Gasteiger partial charge in [0.15, 0.2) is 11.5 Å². The second kappa shape index (κ2) is 9.69. The summed E-state index contributed by atoms with van der Waals surface area (Å²) in [4.78, 5) is 0. The highest BCUT2D eigenvalue weighted by Crippen LogP contribution is 2.37. The molecule has 0 fully saturated rings. The van der Waals surface area contributed by atoms with Crippen molar-refractivity contribution in [3.63, 3.8) is 0 Å². The lowest BCUT2D eigenvalue weighted by Crippen LogP contribution is -2.24. The molecule has 4 heteroatoms. The van der Waals surface area contributed by atoms with Gasteiger partial charge in [-0.3, -0.25) is 0 Å². The average Bonchev–Trinajstić information content (AvgIpc) is 2.60. The van der Waals surface area contributed by atoms with Gasteiger partial charge in [-0.2, -0.15) is 0 Å². The van der Waals surface area contributed by atoms with Gasteiger partial charge in [0.05, 0.1) is 11.6 Å². The zero-order valence-electron chi connectivity index (χ0n) is 15.6. The van der Waals surface area contributed by atoms with Crippen molar-refractivity contribution in [2.45, 2.75) is 53.3 Å². The molecule has 136 valence electrons. The van der Waals surface area contributed by atoms with Gasteiger partial charge in [-0.1, -0.05) is 48.4 Å². The number of rotatable bonds is 9. The van der Waals surface area contributed by atoms with E-state index in [0.717, 1.165) is 24.1 Å². The standard InChI is InChI=1S/C21H28ClNO2/c1-5-16(4)23-13-18-11-19(22)21(20(12-18)24-6-2)25-14-17-9-7-15(3)8-10-17/h7-12,16,23H,5-6,13-14H2,1-4H3. The summed E-state index contributed by atoms with van der Waals surface area (Å²) >= 11 is 6.48. The second-order valence-electron chi connectivity index (χ2n) is 6.30. The highest BCUT2D eigenvalue weighted by Gasteiger charge is 2.13. The molecule has 0 bridgehead atoms. The minimum Gasteiger partial charge on any atom is -0.490 e. The summed E-state index contributed by atoms with van der Waals surface area (Å²) in [5.74, 6) is 1.31. The normalized spacial score (nSPS) is 12.0. The van der Waals surface area contributed by atoms with E-state index in [4.69, 9.17) is 21.1 Å². The van der Waals surface area contributed by atoms with Crippen LogP contribution in [0, 0.1) is 6.92 Å². The topological polar surface area (TPSA) is 30.5 Å². The van der Waals surface area contributed by atoms with Crippen LogP contribution < -0.4 is 14.8 Å². The van der Waals surface area contributed by atoms with Crippen LogP contribution in [-0.2, 0) is 13.2 Å². The molecule has 25 heavy (non-hydrogen) atoms. The molecule has 0 aliphatic carbocycles. The third kappa shape index (κ3) is 5.94. The van der Waals surface area contributed by atoms with E-state index in [9.17, 15) is 0 Å². The first-order valence-corrected chi connectivity index (χ1v) is 9.28. The summed E-state index contributed by atoms with van der Waals surface area (Å²) in [6.45, 7) is 10.2. The summed E-state index contributed by atoms with van der Waals surface area (Å²) in [6.07, 6.45) is 1.09. The molecule has 2 aromatic rings. The van der Waals surface area contributed by atoms with Crippen LogP contribution in [0.15, 0.2) is 36.4 Å². The van der Waals surface area contributed by atoms with Gasteiger partial charge in [-0.05, 0) is 50.5 Å². The highest BCUT2D eigenvalue weighted by atomic mass is 35.5. The van der Waals surface area contributed by atoms with Crippen LogP contribution in [0.1, 0.15) is 43.9 Å². The Bertz CT molecular complexity index is 670. The molecule has 0 spiro atoms. The monoisotopic (exact) mass is 361 g/mol. The molecule has 0 aliphatic heterocycles. The fraction of sp³-hybridized carbons (Fsp3) is 0.429. The van der Waals surface area contributed by atoms with Crippen LogP contribution in [-0.4, -0.2) is 12.6 Å². The van der Waals surface area contributed by atoms with Gasteiger partial charge in [-0.15, -0.1) is 0 Å². The van der Waals surface area contributed by atoms with Crippen molar-refractivity contribution in [2.75, 3.05) is 6.61 Å². The summed E-state index contributed by atoms with van der Waals surface area (Å²) in [5, 5.41) is 4.06. The lowest BCUT2D eigenvalue weighted by molar-refractivity contribution is 0.269. The van der Waals surface area contributed by atoms with Crippen LogP contribution in [0.25, 0.3) is 0 Å². The molecule has 1 N–H and O–H groups in total. The zero-order valence-corrected chi connectivity index (χ0v) is 16.3. The smallest absolute Gasteiger partial charge is 0.180 e. The number of halogens is 1. The molecule has 3 nitrogen and oxygen atoms in total. The van der Waals surface area contributed by atoms with E-state index >= 15 is 0 Å². The molecular formula is C21H28ClNO2. The maximum Gasteiger partial charge on any atom is 0.180 e. The fourth-order valence-corrected chi connectivity index (χ4v) is 2.69. The van der Waals surface area contributed by atoms with Crippen LogP contribution in [0.5, 0.6) is 11.5 Å². The van der Waals surface area contributed by atoms with Crippen LogP contribution in [0.4, 0.5) is 0 Å². The van der Waals surface area contributed by atoms with Gasteiger partial charge >= 0.3 is 0 Å². The first-order chi connectivity index (χ1) is 12.0. The van der Waals surface area contributed by atoms with Crippen molar-refractivity contribution in [1.29, 1.82) is 0 Å². The van der Waals surface area contributed by atoms with E-state index < -0.39 is 0 Å². The first-order valence-electron chi connectivity index (χ1n) is 8.90. The molecule has 1 atom stereocenters. The molecule has 1 unspecified atom stereocenters. The van der Waals surface area contributed by atoms with E-state index in [1.54, 1.807) is 0 Å².